The van der Waals surface area contributed by atoms with Crippen molar-refractivity contribution in [2.45, 2.75) is 12.5 Å². The van der Waals surface area contributed by atoms with Crippen LogP contribution in [0.2, 0.25) is 5.02 Å². The minimum atomic E-state index is -0.876. The van der Waals surface area contributed by atoms with E-state index in [1.54, 1.807) is 0 Å². The van der Waals surface area contributed by atoms with Gasteiger partial charge in [-0.3, -0.25) is 14.9 Å². The molecule has 7 heteroatoms. The van der Waals surface area contributed by atoms with E-state index < -0.39 is 16.9 Å². The lowest BCUT2D eigenvalue weighted by Gasteiger charge is -2.22. The lowest BCUT2D eigenvalue weighted by molar-refractivity contribution is -0.525. The molecule has 1 aromatic rings. The molecule has 90 valence electrons. The fourth-order valence-corrected chi connectivity index (χ4v) is 2.03. The van der Waals surface area contributed by atoms with E-state index in [9.17, 15) is 14.9 Å². The van der Waals surface area contributed by atoms with Gasteiger partial charge in [-0.1, -0.05) is 11.6 Å². The first kappa shape index (κ1) is 11.7. The van der Waals surface area contributed by atoms with Crippen molar-refractivity contribution in [3.05, 3.63) is 38.4 Å². The molecule has 0 aliphatic carbocycles. The lowest BCUT2D eigenvalue weighted by Crippen LogP contribution is -2.34. The van der Waals surface area contributed by atoms with E-state index in [2.05, 4.69) is 0 Å². The van der Waals surface area contributed by atoms with Gasteiger partial charge in [0.15, 0.2) is 6.61 Å². The van der Waals surface area contributed by atoms with Gasteiger partial charge in [0.25, 0.3) is 6.04 Å². The Balaban J connectivity index is 2.49. The van der Waals surface area contributed by atoms with Crippen molar-refractivity contribution in [2.75, 3.05) is 6.61 Å². The molecule has 0 saturated heterocycles. The molecule has 2 rings (SSSR count). The first-order valence-corrected chi connectivity index (χ1v) is 5.26. The molecule has 6 nitrogen and oxygen atoms in total. The maximum absolute atomic E-state index is 11.2. The highest BCUT2D eigenvalue weighted by molar-refractivity contribution is 6.32. The van der Waals surface area contributed by atoms with Crippen LogP contribution in [0.1, 0.15) is 15.9 Å². The van der Waals surface area contributed by atoms with Gasteiger partial charge in [-0.2, -0.15) is 0 Å². The van der Waals surface area contributed by atoms with Crippen LogP contribution in [0.3, 0.4) is 0 Å². The topological polar surface area (TPSA) is 95.5 Å². The van der Waals surface area contributed by atoms with Gasteiger partial charge in [0.2, 0.25) is 5.91 Å². The van der Waals surface area contributed by atoms with Crippen molar-refractivity contribution in [2.24, 2.45) is 5.73 Å². The molecule has 0 saturated carbocycles. The second-order valence-corrected chi connectivity index (χ2v) is 4.13. The minimum Gasteiger partial charge on any atom is -0.485 e. The van der Waals surface area contributed by atoms with Gasteiger partial charge >= 0.3 is 0 Å². The van der Waals surface area contributed by atoms with Gasteiger partial charge in [0, 0.05) is 22.5 Å². The van der Waals surface area contributed by atoms with E-state index in [1.165, 1.54) is 12.1 Å². The molecule has 1 heterocycles. The summed E-state index contributed by atoms with van der Waals surface area (Å²) < 4.78 is 5.24. The summed E-state index contributed by atoms with van der Waals surface area (Å²) >= 11 is 5.90. The standard InChI is InChI=1S/C10H9ClN2O4/c11-8-2-1-6(10(12)14)7-3-5(13(15)16)4-17-9(7)8/h1-2,5H,3-4H2,(H2,12,14). The highest BCUT2D eigenvalue weighted by atomic mass is 35.5. The van der Waals surface area contributed by atoms with Crippen molar-refractivity contribution in [1.29, 1.82) is 0 Å². The van der Waals surface area contributed by atoms with E-state index in [0.717, 1.165) is 0 Å². The number of fused-ring (bicyclic) bond motifs is 1. The fourth-order valence-electron chi connectivity index (χ4n) is 1.80. The number of nitrogens with zero attached hydrogens (tertiary/aromatic N) is 1. The summed E-state index contributed by atoms with van der Waals surface area (Å²) in [6.07, 6.45) is 0.0984. The lowest BCUT2D eigenvalue weighted by atomic mass is 9.97. The Labute approximate surface area is 101 Å². The Hall–Kier alpha value is -1.82. The zero-order valence-electron chi connectivity index (χ0n) is 8.68. The van der Waals surface area contributed by atoms with Crippen molar-refractivity contribution >= 4 is 17.5 Å². The van der Waals surface area contributed by atoms with Crippen LogP contribution in [-0.2, 0) is 6.42 Å². The number of carbonyl (C=O) groups excluding carboxylic acids is 1. The first-order valence-electron chi connectivity index (χ1n) is 4.88. The second-order valence-electron chi connectivity index (χ2n) is 3.72. The molecule has 1 unspecified atom stereocenters. The number of benzene rings is 1. The molecule has 1 atom stereocenters. The molecule has 17 heavy (non-hydrogen) atoms. The predicted octanol–water partition coefficient (Wildman–Crippen LogP) is 1.02. The van der Waals surface area contributed by atoms with Crippen LogP contribution in [0.15, 0.2) is 12.1 Å². The highest BCUT2D eigenvalue weighted by Crippen LogP contribution is 2.35. The number of amides is 1. The molecule has 2 N–H and O–H groups in total. The summed E-state index contributed by atoms with van der Waals surface area (Å²) in [5, 5.41) is 11.0. The van der Waals surface area contributed by atoms with E-state index >= 15 is 0 Å². The summed E-state index contributed by atoms with van der Waals surface area (Å²) in [6, 6.07) is 2.07. The molecule has 0 spiro atoms. The number of halogens is 1. The summed E-state index contributed by atoms with van der Waals surface area (Å²) in [4.78, 5) is 21.5. The number of nitro groups is 1. The van der Waals surface area contributed by atoms with E-state index in [4.69, 9.17) is 22.1 Å². The van der Waals surface area contributed by atoms with Crippen molar-refractivity contribution < 1.29 is 14.5 Å². The summed E-state index contributed by atoms with van der Waals surface area (Å²) in [5.41, 5.74) is 5.84. The Kier molecular flexibility index (Phi) is 2.89. The number of hydrogen-bond acceptors (Lipinski definition) is 4. The fraction of sp³-hybridized carbons (Fsp3) is 0.300. The quantitative estimate of drug-likeness (QED) is 0.631. The highest BCUT2D eigenvalue weighted by Gasteiger charge is 2.32. The molecule has 1 aliphatic heterocycles. The predicted molar refractivity (Wildman–Crippen MR) is 60.0 cm³/mol. The third kappa shape index (κ3) is 2.03. The average molecular weight is 257 g/mol. The van der Waals surface area contributed by atoms with Crippen LogP contribution in [0, 0.1) is 10.1 Å². The molecular formula is C10H9ClN2O4. The first-order chi connectivity index (χ1) is 8.00. The van der Waals surface area contributed by atoms with Crippen LogP contribution in [0.25, 0.3) is 0 Å². The maximum Gasteiger partial charge on any atom is 0.250 e. The third-order valence-corrected chi connectivity index (χ3v) is 2.93. The minimum absolute atomic E-state index is 0.0536. The number of primary amides is 1. The van der Waals surface area contributed by atoms with Crippen molar-refractivity contribution in [1.82, 2.24) is 0 Å². The molecule has 0 aromatic heterocycles. The van der Waals surface area contributed by atoms with Gasteiger partial charge in [-0.15, -0.1) is 0 Å². The number of ether oxygens (including phenoxy) is 1. The van der Waals surface area contributed by atoms with Gasteiger partial charge in [-0.25, -0.2) is 0 Å². The van der Waals surface area contributed by atoms with Gasteiger partial charge in [0.05, 0.1) is 5.02 Å². The number of hydrogen-bond donors (Lipinski definition) is 1. The smallest absolute Gasteiger partial charge is 0.250 e. The zero-order valence-corrected chi connectivity index (χ0v) is 9.44. The average Bonchev–Trinajstić information content (AvgIpc) is 2.28. The van der Waals surface area contributed by atoms with E-state index in [-0.39, 0.29) is 18.6 Å². The largest absolute Gasteiger partial charge is 0.485 e. The molecule has 1 amide bonds. The molecule has 1 aliphatic rings. The Bertz CT molecular complexity index is 503. The van der Waals surface area contributed by atoms with Crippen molar-refractivity contribution in [3.63, 3.8) is 0 Å². The van der Waals surface area contributed by atoms with Crippen LogP contribution >= 0.6 is 11.6 Å². The summed E-state index contributed by atoms with van der Waals surface area (Å²) in [7, 11) is 0. The van der Waals surface area contributed by atoms with Gasteiger partial charge < -0.3 is 10.5 Å². The van der Waals surface area contributed by atoms with E-state index in [0.29, 0.717) is 16.3 Å². The van der Waals surface area contributed by atoms with Crippen LogP contribution in [0.4, 0.5) is 0 Å². The molecule has 0 fully saturated rings. The van der Waals surface area contributed by atoms with E-state index in [1.807, 2.05) is 0 Å². The van der Waals surface area contributed by atoms with Crippen LogP contribution in [-0.4, -0.2) is 23.5 Å². The van der Waals surface area contributed by atoms with Gasteiger partial charge in [-0.05, 0) is 12.1 Å². The zero-order chi connectivity index (χ0) is 12.6. The normalized spacial score (nSPS) is 18.1. The molecular weight excluding hydrogens is 248 g/mol. The monoisotopic (exact) mass is 256 g/mol. The molecule has 0 bridgehead atoms. The number of nitrogens with two attached hydrogens (primary N) is 1. The maximum atomic E-state index is 11.2. The Morgan fingerprint density at radius 1 is 1.59 bits per heavy atom. The SMILES string of the molecule is NC(=O)c1ccc(Cl)c2c1CC([N+](=O)[O-])CO2. The Morgan fingerprint density at radius 2 is 2.29 bits per heavy atom. The Morgan fingerprint density at radius 3 is 2.88 bits per heavy atom. The number of carbonyl (C=O) groups is 1. The third-order valence-electron chi connectivity index (χ3n) is 2.64. The van der Waals surface area contributed by atoms with Crippen molar-refractivity contribution in [3.8, 4) is 5.75 Å². The molecule has 0 radical (unpaired) electrons. The molecule has 1 aromatic carbocycles. The number of rotatable bonds is 2. The van der Waals surface area contributed by atoms with Gasteiger partial charge in [0.1, 0.15) is 5.75 Å². The van der Waals surface area contributed by atoms with Crippen LogP contribution in [0.5, 0.6) is 5.75 Å². The second kappa shape index (κ2) is 4.21. The van der Waals surface area contributed by atoms with Crippen LogP contribution < -0.4 is 10.5 Å². The summed E-state index contributed by atoms with van der Waals surface area (Å²) in [5.74, 6) is -0.327. The summed E-state index contributed by atoms with van der Waals surface area (Å²) in [6.45, 7) is -0.0536.